The Balaban J connectivity index is 2.70. The van der Waals surface area contributed by atoms with Crippen molar-refractivity contribution in [3.8, 4) is 0 Å². The maximum absolute atomic E-state index is 5.02. The fourth-order valence-corrected chi connectivity index (χ4v) is 1.22. The quantitative estimate of drug-likeness (QED) is 0.512. The molecule has 0 radical (unpaired) electrons. The van der Waals surface area contributed by atoms with Crippen molar-refractivity contribution in [2.45, 2.75) is 0 Å². The molecule has 0 N–H and O–H groups in total. The third-order valence-electron chi connectivity index (χ3n) is 1.49. The van der Waals surface area contributed by atoms with E-state index in [9.17, 15) is 0 Å². The average molecular weight is 147 g/mol. The van der Waals surface area contributed by atoms with E-state index in [0.717, 1.165) is 16.1 Å². The van der Waals surface area contributed by atoms with Gasteiger partial charge in [0.05, 0.1) is 10.6 Å². The number of benzene rings is 1. The zero-order valence-corrected chi connectivity index (χ0v) is 6.06. The molecule has 0 fully saturated rings. The molecule has 0 bridgehead atoms. The summed E-state index contributed by atoms with van der Waals surface area (Å²) in [6.45, 7) is 0. The van der Waals surface area contributed by atoms with Crippen LogP contribution in [-0.4, -0.2) is 11.1 Å². The Bertz CT molecular complexity index is 315. The van der Waals surface area contributed by atoms with Crippen LogP contribution in [0.4, 0.5) is 5.69 Å². The van der Waals surface area contributed by atoms with E-state index in [2.05, 4.69) is 4.99 Å². The number of thiocarbonyl (C=S) groups is 1. The monoisotopic (exact) mass is 147 g/mol. The van der Waals surface area contributed by atoms with Gasteiger partial charge in [0.25, 0.3) is 0 Å². The summed E-state index contributed by atoms with van der Waals surface area (Å²) < 4.78 is 0. The summed E-state index contributed by atoms with van der Waals surface area (Å²) in [6, 6.07) is 7.89. The molecule has 0 amide bonds. The van der Waals surface area contributed by atoms with Gasteiger partial charge in [-0.2, -0.15) is 0 Å². The van der Waals surface area contributed by atoms with Crippen LogP contribution in [0.1, 0.15) is 5.56 Å². The minimum atomic E-state index is 0.843. The second kappa shape index (κ2) is 1.99. The predicted octanol–water partition coefficient (Wildman–Crippen LogP) is 2.12. The third-order valence-corrected chi connectivity index (χ3v) is 1.82. The van der Waals surface area contributed by atoms with Crippen LogP contribution in [0.15, 0.2) is 29.3 Å². The fraction of sp³-hybridized carbons (Fsp3) is 0. The van der Waals surface area contributed by atoms with Crippen LogP contribution < -0.4 is 0 Å². The molecule has 0 aromatic heterocycles. The molecule has 1 aliphatic heterocycles. The lowest BCUT2D eigenvalue weighted by molar-refractivity contribution is 1.56. The van der Waals surface area contributed by atoms with Gasteiger partial charge in [-0.1, -0.05) is 30.4 Å². The van der Waals surface area contributed by atoms with Gasteiger partial charge in [0.1, 0.15) is 0 Å². The van der Waals surface area contributed by atoms with Gasteiger partial charge in [0.2, 0.25) is 0 Å². The molecule has 1 aromatic carbocycles. The van der Waals surface area contributed by atoms with Crippen molar-refractivity contribution in [2.24, 2.45) is 4.99 Å². The Hall–Kier alpha value is -1.02. The molecule has 2 rings (SSSR count). The summed E-state index contributed by atoms with van der Waals surface area (Å²) in [7, 11) is 0. The molecular weight excluding hydrogens is 142 g/mol. The molecule has 0 unspecified atom stereocenters. The lowest BCUT2D eigenvalue weighted by Crippen LogP contribution is -1.90. The summed E-state index contributed by atoms with van der Waals surface area (Å²) in [4.78, 5) is 4.96. The Kier molecular flexibility index (Phi) is 1.14. The summed E-state index contributed by atoms with van der Waals surface area (Å²) in [5.74, 6) is 0. The molecule has 0 spiro atoms. The molecule has 0 atom stereocenters. The van der Waals surface area contributed by atoms with E-state index in [-0.39, 0.29) is 0 Å². The van der Waals surface area contributed by atoms with Gasteiger partial charge in [0.15, 0.2) is 0 Å². The third kappa shape index (κ3) is 0.693. The number of para-hydroxylation sites is 1. The lowest BCUT2D eigenvalue weighted by atomic mass is 10.2. The van der Waals surface area contributed by atoms with Gasteiger partial charge in [-0.05, 0) is 6.07 Å². The van der Waals surface area contributed by atoms with Crippen LogP contribution in [0.3, 0.4) is 0 Å². The van der Waals surface area contributed by atoms with Gasteiger partial charge >= 0.3 is 0 Å². The number of nitrogens with zero attached hydrogens (tertiary/aromatic N) is 1. The Morgan fingerprint density at radius 2 is 2.00 bits per heavy atom. The standard InChI is InChI=1S/C8H5NS/c10-8-5-9-7-4-2-1-3-6(7)8/h1-5H. The molecule has 1 aliphatic rings. The molecule has 0 saturated carbocycles. The van der Waals surface area contributed by atoms with Gasteiger partial charge in [-0.15, -0.1) is 0 Å². The van der Waals surface area contributed by atoms with Crippen LogP contribution in [0, 0.1) is 0 Å². The largest absolute Gasteiger partial charge is 0.255 e. The summed E-state index contributed by atoms with van der Waals surface area (Å²) in [5, 5.41) is 0. The SMILES string of the molecule is S=C1C=Nc2ccccc21. The van der Waals surface area contributed by atoms with Gasteiger partial charge in [-0.3, -0.25) is 4.99 Å². The minimum absolute atomic E-state index is 0.843. The van der Waals surface area contributed by atoms with Crippen molar-refractivity contribution >= 4 is 29.0 Å². The zero-order chi connectivity index (χ0) is 6.97. The minimum Gasteiger partial charge on any atom is -0.255 e. The topological polar surface area (TPSA) is 12.4 Å². The predicted molar refractivity (Wildman–Crippen MR) is 46.3 cm³/mol. The maximum atomic E-state index is 5.02. The van der Waals surface area contributed by atoms with Crippen LogP contribution in [0.5, 0.6) is 0 Å². The van der Waals surface area contributed by atoms with Crippen molar-refractivity contribution in [1.29, 1.82) is 0 Å². The van der Waals surface area contributed by atoms with E-state index < -0.39 is 0 Å². The fourth-order valence-electron chi connectivity index (χ4n) is 0.992. The Morgan fingerprint density at radius 3 is 2.80 bits per heavy atom. The Labute approximate surface area is 64.4 Å². The lowest BCUT2D eigenvalue weighted by Gasteiger charge is -1.92. The molecule has 2 heteroatoms. The van der Waals surface area contributed by atoms with Gasteiger partial charge in [0, 0.05) is 11.8 Å². The van der Waals surface area contributed by atoms with Crippen LogP contribution >= 0.6 is 12.2 Å². The highest BCUT2D eigenvalue weighted by atomic mass is 32.1. The van der Waals surface area contributed by atoms with Crippen LogP contribution in [0.2, 0.25) is 0 Å². The number of fused-ring (bicyclic) bond motifs is 1. The number of aliphatic imine (C=N–C) groups is 1. The number of rotatable bonds is 0. The van der Waals surface area contributed by atoms with E-state index in [1.165, 1.54) is 0 Å². The van der Waals surface area contributed by atoms with Crippen molar-refractivity contribution in [3.63, 3.8) is 0 Å². The summed E-state index contributed by atoms with van der Waals surface area (Å²) in [5.41, 5.74) is 2.07. The zero-order valence-electron chi connectivity index (χ0n) is 5.24. The first-order valence-corrected chi connectivity index (χ1v) is 3.46. The molecule has 48 valence electrons. The highest BCUT2D eigenvalue weighted by Gasteiger charge is 2.08. The van der Waals surface area contributed by atoms with Gasteiger partial charge < -0.3 is 0 Å². The molecule has 1 heterocycles. The Morgan fingerprint density at radius 1 is 1.20 bits per heavy atom. The van der Waals surface area contributed by atoms with E-state index in [4.69, 9.17) is 12.2 Å². The van der Waals surface area contributed by atoms with Crippen molar-refractivity contribution in [2.75, 3.05) is 0 Å². The number of hydrogen-bond acceptors (Lipinski definition) is 2. The van der Waals surface area contributed by atoms with E-state index in [1.54, 1.807) is 6.21 Å². The summed E-state index contributed by atoms with van der Waals surface area (Å²) >= 11 is 5.02. The average Bonchev–Trinajstić information content (AvgIpc) is 2.34. The molecule has 10 heavy (non-hydrogen) atoms. The summed E-state index contributed by atoms with van der Waals surface area (Å²) in [6.07, 6.45) is 1.72. The highest BCUT2D eigenvalue weighted by molar-refractivity contribution is 7.82. The first-order valence-electron chi connectivity index (χ1n) is 3.05. The highest BCUT2D eigenvalue weighted by Crippen LogP contribution is 2.23. The smallest absolute Gasteiger partial charge is 0.0717 e. The van der Waals surface area contributed by atoms with Crippen LogP contribution in [-0.2, 0) is 0 Å². The van der Waals surface area contributed by atoms with Crippen LogP contribution in [0.25, 0.3) is 0 Å². The second-order valence-corrected chi connectivity index (χ2v) is 2.58. The van der Waals surface area contributed by atoms with Crippen molar-refractivity contribution in [3.05, 3.63) is 29.8 Å². The second-order valence-electron chi connectivity index (χ2n) is 2.14. The van der Waals surface area contributed by atoms with E-state index in [0.29, 0.717) is 0 Å². The van der Waals surface area contributed by atoms with Gasteiger partial charge in [-0.25, -0.2) is 0 Å². The molecule has 0 aliphatic carbocycles. The van der Waals surface area contributed by atoms with Crippen molar-refractivity contribution < 1.29 is 0 Å². The maximum Gasteiger partial charge on any atom is 0.0717 e. The normalized spacial score (nSPS) is 13.8. The first kappa shape index (κ1) is 5.74. The molecule has 0 saturated heterocycles. The molecule has 1 aromatic rings. The van der Waals surface area contributed by atoms with E-state index in [1.807, 2.05) is 24.3 Å². The molecular formula is C8H5NS. The first-order chi connectivity index (χ1) is 4.88. The number of hydrogen-bond donors (Lipinski definition) is 0. The van der Waals surface area contributed by atoms with Crippen molar-refractivity contribution in [1.82, 2.24) is 0 Å². The molecule has 1 nitrogen and oxygen atoms in total. The van der Waals surface area contributed by atoms with E-state index >= 15 is 0 Å².